The number of nitrogens with zero attached hydrogens (tertiary/aromatic N) is 3. The van der Waals surface area contributed by atoms with Crippen LogP contribution in [-0.4, -0.2) is 52.2 Å². The molecule has 128 valence electrons. The van der Waals surface area contributed by atoms with Crippen LogP contribution < -0.4 is 5.32 Å². The van der Waals surface area contributed by atoms with Gasteiger partial charge in [-0.05, 0) is 59.1 Å². The van der Waals surface area contributed by atoms with E-state index in [4.69, 9.17) is 0 Å². The molecule has 0 aromatic carbocycles. The first kappa shape index (κ1) is 18.2. The third kappa shape index (κ3) is 6.11. The Morgan fingerprint density at radius 3 is 2.74 bits per heavy atom. The van der Waals surface area contributed by atoms with Gasteiger partial charge in [0.05, 0.1) is 5.75 Å². The summed E-state index contributed by atoms with van der Waals surface area (Å²) in [5.41, 5.74) is 1.88. The summed E-state index contributed by atoms with van der Waals surface area (Å²) < 4.78 is 0. The van der Waals surface area contributed by atoms with Crippen LogP contribution in [0.3, 0.4) is 0 Å². The van der Waals surface area contributed by atoms with Crippen LogP contribution in [-0.2, 0) is 4.79 Å². The van der Waals surface area contributed by atoms with Crippen molar-refractivity contribution in [2.45, 2.75) is 51.7 Å². The van der Waals surface area contributed by atoms with Gasteiger partial charge in [-0.25, -0.2) is 9.97 Å². The van der Waals surface area contributed by atoms with Gasteiger partial charge < -0.3 is 10.2 Å². The van der Waals surface area contributed by atoms with Crippen molar-refractivity contribution >= 4 is 17.7 Å². The van der Waals surface area contributed by atoms with Crippen LogP contribution in [0, 0.1) is 19.8 Å². The maximum absolute atomic E-state index is 12.0. The van der Waals surface area contributed by atoms with Crippen molar-refractivity contribution in [3.63, 3.8) is 0 Å². The molecule has 2 rings (SSSR count). The molecule has 0 bridgehead atoms. The number of hydrogen-bond acceptors (Lipinski definition) is 5. The number of thioether (sulfide) groups is 1. The van der Waals surface area contributed by atoms with Gasteiger partial charge in [0.15, 0.2) is 5.16 Å². The minimum Gasteiger partial charge on any atom is -0.355 e. The molecule has 1 amide bonds. The third-order valence-electron chi connectivity index (χ3n) is 4.16. The molecule has 1 aromatic heterocycles. The molecule has 0 unspecified atom stereocenters. The molecule has 5 nitrogen and oxygen atoms in total. The van der Waals surface area contributed by atoms with Gasteiger partial charge >= 0.3 is 0 Å². The lowest BCUT2D eigenvalue weighted by molar-refractivity contribution is -0.118. The number of amides is 1. The molecule has 2 heterocycles. The second kappa shape index (κ2) is 8.64. The average Bonchev–Trinajstić information content (AvgIpc) is 2.50. The fourth-order valence-electron chi connectivity index (χ4n) is 2.93. The number of likely N-dealkylation sites (tertiary alicyclic amines) is 1. The van der Waals surface area contributed by atoms with Crippen LogP contribution in [0.25, 0.3) is 0 Å². The van der Waals surface area contributed by atoms with Gasteiger partial charge in [0.1, 0.15) is 0 Å². The standard InChI is InChI=1S/C17H28N4OS/c1-12(2)21-7-5-6-15(10-21)9-18-16(22)11-23-17-19-13(3)8-14(4)20-17/h8,12,15H,5-7,9-11H2,1-4H3,(H,18,22)/t15-/m1/s1. The first-order valence-electron chi connectivity index (χ1n) is 8.40. The topological polar surface area (TPSA) is 58.1 Å². The summed E-state index contributed by atoms with van der Waals surface area (Å²) in [4.78, 5) is 23.2. The van der Waals surface area contributed by atoms with E-state index in [2.05, 4.69) is 34.0 Å². The Bertz CT molecular complexity index is 515. The van der Waals surface area contributed by atoms with Crippen molar-refractivity contribution in [3.05, 3.63) is 17.5 Å². The van der Waals surface area contributed by atoms with Crippen molar-refractivity contribution in [2.75, 3.05) is 25.4 Å². The largest absolute Gasteiger partial charge is 0.355 e. The predicted molar refractivity (Wildman–Crippen MR) is 94.7 cm³/mol. The van der Waals surface area contributed by atoms with Crippen molar-refractivity contribution in [3.8, 4) is 0 Å². The van der Waals surface area contributed by atoms with E-state index in [1.807, 2.05) is 19.9 Å². The molecule has 0 spiro atoms. The lowest BCUT2D eigenvalue weighted by Gasteiger charge is -2.35. The van der Waals surface area contributed by atoms with Crippen LogP contribution in [0.1, 0.15) is 38.1 Å². The summed E-state index contributed by atoms with van der Waals surface area (Å²) in [6.45, 7) is 11.4. The molecule has 0 saturated carbocycles. The highest BCUT2D eigenvalue weighted by molar-refractivity contribution is 7.99. The number of piperidine rings is 1. The number of carbonyl (C=O) groups is 1. The molecule has 1 aromatic rings. The van der Waals surface area contributed by atoms with Gasteiger partial charge in [-0.15, -0.1) is 0 Å². The maximum Gasteiger partial charge on any atom is 0.230 e. The van der Waals surface area contributed by atoms with Gasteiger partial charge in [-0.1, -0.05) is 11.8 Å². The fraction of sp³-hybridized carbons (Fsp3) is 0.706. The summed E-state index contributed by atoms with van der Waals surface area (Å²) in [5, 5.41) is 3.75. The molecular weight excluding hydrogens is 308 g/mol. The number of carbonyl (C=O) groups excluding carboxylic acids is 1. The Balaban J connectivity index is 1.72. The van der Waals surface area contributed by atoms with E-state index in [0.29, 0.717) is 22.9 Å². The predicted octanol–water partition coefficient (Wildman–Crippen LogP) is 2.42. The van der Waals surface area contributed by atoms with Crippen LogP contribution in [0.4, 0.5) is 0 Å². The van der Waals surface area contributed by atoms with Crippen molar-refractivity contribution in [1.82, 2.24) is 20.2 Å². The van der Waals surface area contributed by atoms with E-state index >= 15 is 0 Å². The highest BCUT2D eigenvalue weighted by Gasteiger charge is 2.21. The molecule has 0 aliphatic carbocycles. The van der Waals surface area contributed by atoms with E-state index in [9.17, 15) is 4.79 Å². The molecule has 0 radical (unpaired) electrons. The van der Waals surface area contributed by atoms with E-state index in [1.54, 1.807) is 0 Å². The van der Waals surface area contributed by atoms with Crippen LogP contribution in [0.2, 0.25) is 0 Å². The molecule has 1 saturated heterocycles. The molecule has 1 aliphatic rings. The van der Waals surface area contributed by atoms with Gasteiger partial charge in [0, 0.05) is 30.5 Å². The Hall–Kier alpha value is -1.14. The summed E-state index contributed by atoms with van der Waals surface area (Å²) in [6.07, 6.45) is 2.43. The smallest absolute Gasteiger partial charge is 0.230 e. The number of aryl methyl sites for hydroxylation is 2. The number of rotatable bonds is 6. The van der Waals surface area contributed by atoms with E-state index in [0.717, 1.165) is 24.5 Å². The Labute approximate surface area is 143 Å². The highest BCUT2D eigenvalue weighted by Crippen LogP contribution is 2.18. The molecule has 1 aliphatic heterocycles. The van der Waals surface area contributed by atoms with Crippen LogP contribution in [0.15, 0.2) is 11.2 Å². The maximum atomic E-state index is 12.0. The number of nitrogens with one attached hydrogen (secondary N) is 1. The molecule has 6 heteroatoms. The zero-order valence-electron chi connectivity index (χ0n) is 14.6. The zero-order valence-corrected chi connectivity index (χ0v) is 15.4. The van der Waals surface area contributed by atoms with Crippen LogP contribution >= 0.6 is 11.8 Å². The monoisotopic (exact) mass is 336 g/mol. The second-order valence-corrected chi connectivity index (χ2v) is 7.57. The SMILES string of the molecule is Cc1cc(C)nc(SCC(=O)NC[C@H]2CCCN(C(C)C)C2)n1. The van der Waals surface area contributed by atoms with Gasteiger partial charge in [-0.2, -0.15) is 0 Å². The first-order chi connectivity index (χ1) is 10.9. The van der Waals surface area contributed by atoms with E-state index in [1.165, 1.54) is 31.1 Å². The average molecular weight is 337 g/mol. The van der Waals surface area contributed by atoms with Crippen molar-refractivity contribution in [1.29, 1.82) is 0 Å². The minimum absolute atomic E-state index is 0.0689. The van der Waals surface area contributed by atoms with Gasteiger partial charge in [0.2, 0.25) is 5.91 Å². The Kier molecular flexibility index (Phi) is 6.84. The summed E-state index contributed by atoms with van der Waals surface area (Å²) in [7, 11) is 0. The Morgan fingerprint density at radius 1 is 1.39 bits per heavy atom. The molecule has 1 N–H and O–H groups in total. The minimum atomic E-state index is 0.0689. The lowest BCUT2D eigenvalue weighted by Crippen LogP contribution is -2.44. The highest BCUT2D eigenvalue weighted by atomic mass is 32.2. The molecule has 1 fully saturated rings. The Morgan fingerprint density at radius 2 is 2.09 bits per heavy atom. The van der Waals surface area contributed by atoms with Crippen LogP contribution in [0.5, 0.6) is 0 Å². The quantitative estimate of drug-likeness (QED) is 0.639. The third-order valence-corrected chi connectivity index (χ3v) is 5.01. The summed E-state index contributed by atoms with van der Waals surface area (Å²) >= 11 is 1.40. The van der Waals surface area contributed by atoms with Gasteiger partial charge in [-0.3, -0.25) is 4.79 Å². The van der Waals surface area contributed by atoms with Gasteiger partial charge in [0.25, 0.3) is 0 Å². The number of hydrogen-bond donors (Lipinski definition) is 1. The van der Waals surface area contributed by atoms with Crippen molar-refractivity contribution < 1.29 is 4.79 Å². The van der Waals surface area contributed by atoms with Crippen molar-refractivity contribution in [2.24, 2.45) is 5.92 Å². The fourth-order valence-corrected chi connectivity index (χ4v) is 3.71. The zero-order chi connectivity index (χ0) is 16.8. The second-order valence-electron chi connectivity index (χ2n) is 6.62. The molecular formula is C17H28N4OS. The summed E-state index contributed by atoms with van der Waals surface area (Å²) in [5.74, 6) is 1.01. The van der Waals surface area contributed by atoms with E-state index < -0.39 is 0 Å². The van der Waals surface area contributed by atoms with E-state index in [-0.39, 0.29) is 5.91 Å². The summed E-state index contributed by atoms with van der Waals surface area (Å²) in [6, 6.07) is 2.53. The molecule has 23 heavy (non-hydrogen) atoms. The number of aromatic nitrogens is 2. The normalized spacial score (nSPS) is 19.1. The lowest BCUT2D eigenvalue weighted by atomic mass is 9.97. The molecule has 1 atom stereocenters. The first-order valence-corrected chi connectivity index (χ1v) is 9.38.